The van der Waals surface area contributed by atoms with E-state index in [1.54, 1.807) is 0 Å². The van der Waals surface area contributed by atoms with Gasteiger partial charge in [-0.15, -0.1) is 0 Å². The fourth-order valence-electron chi connectivity index (χ4n) is 3.49. The van der Waals surface area contributed by atoms with Crippen LogP contribution in [-0.4, -0.2) is 35.7 Å². The molecule has 0 bridgehead atoms. The SMILES string of the molecule is CCCCCCCCCc1ccc(OCCC[P+](=O)OO)cc1.Cc1ccc(OCCC[P+](=O)O)cc1. The molecule has 0 aromatic heterocycles. The predicted molar refractivity (Wildman–Crippen MR) is 150 cm³/mol. The van der Waals surface area contributed by atoms with Crippen LogP contribution in [0.15, 0.2) is 48.5 Å². The van der Waals surface area contributed by atoms with Gasteiger partial charge in [-0.3, -0.25) is 0 Å². The first-order chi connectivity index (χ1) is 17.9. The van der Waals surface area contributed by atoms with E-state index >= 15 is 0 Å². The average Bonchev–Trinajstić information content (AvgIpc) is 2.90. The Morgan fingerprint density at radius 1 is 0.703 bits per heavy atom. The standard InChI is InChI=1S/C18H29O4P.C10H13O3P/c1-2-3-4-5-6-7-8-10-17-11-13-18(14-12-17)21-15-9-16-23(20)22-19;1-9-3-5-10(6-4-9)13-7-2-8-14(11)12/h11-14H,2-10,15-16H2,1H3;3-6H,2,7-8H2,1H3/p+2. The zero-order valence-electron chi connectivity index (χ0n) is 22.3. The van der Waals surface area contributed by atoms with E-state index in [0.29, 0.717) is 38.4 Å². The zero-order valence-corrected chi connectivity index (χ0v) is 24.1. The van der Waals surface area contributed by atoms with E-state index in [-0.39, 0.29) is 0 Å². The molecule has 9 heteroatoms. The predicted octanol–water partition coefficient (Wildman–Crippen LogP) is 8.48. The summed E-state index contributed by atoms with van der Waals surface area (Å²) >= 11 is 0. The highest BCUT2D eigenvalue weighted by Crippen LogP contribution is 2.21. The molecule has 2 rings (SSSR count). The molecule has 7 nitrogen and oxygen atoms in total. The number of benzene rings is 2. The first kappa shape index (κ1) is 33.1. The molecule has 2 aromatic carbocycles. The molecule has 2 atom stereocenters. The van der Waals surface area contributed by atoms with Crippen molar-refractivity contribution in [3.63, 3.8) is 0 Å². The quantitative estimate of drug-likeness (QED) is 0.0777. The highest BCUT2D eigenvalue weighted by molar-refractivity contribution is 7.38. The van der Waals surface area contributed by atoms with Gasteiger partial charge in [-0.25, -0.2) is 5.26 Å². The number of hydrogen-bond donors (Lipinski definition) is 2. The largest absolute Gasteiger partial charge is 0.539 e. The van der Waals surface area contributed by atoms with E-state index < -0.39 is 16.1 Å². The van der Waals surface area contributed by atoms with E-state index in [0.717, 1.165) is 17.9 Å². The second-order valence-corrected chi connectivity index (χ2v) is 11.4. The lowest BCUT2D eigenvalue weighted by atomic mass is 10.0. The molecule has 2 unspecified atom stereocenters. The van der Waals surface area contributed by atoms with Crippen LogP contribution in [0.25, 0.3) is 0 Å². The van der Waals surface area contributed by atoms with Crippen LogP contribution in [0.5, 0.6) is 11.5 Å². The highest BCUT2D eigenvalue weighted by Gasteiger charge is 2.15. The summed E-state index contributed by atoms with van der Waals surface area (Å²) in [5.74, 6) is 1.64. The molecule has 0 fully saturated rings. The number of aryl methyl sites for hydroxylation is 2. The van der Waals surface area contributed by atoms with Gasteiger partial charge in [-0.2, -0.15) is 4.89 Å². The maximum atomic E-state index is 10.9. The van der Waals surface area contributed by atoms with Crippen LogP contribution in [-0.2, 0) is 20.2 Å². The highest BCUT2D eigenvalue weighted by atomic mass is 31.1. The molecule has 37 heavy (non-hydrogen) atoms. The Hall–Kier alpha value is -1.88. The van der Waals surface area contributed by atoms with E-state index in [1.165, 1.54) is 56.1 Å². The number of unbranched alkanes of at least 4 members (excludes halogenated alkanes) is 6. The van der Waals surface area contributed by atoms with E-state index in [1.807, 2.05) is 43.3 Å². The summed E-state index contributed by atoms with van der Waals surface area (Å²) in [5, 5.41) is 8.20. The summed E-state index contributed by atoms with van der Waals surface area (Å²) in [4.78, 5) is 8.54. The Labute approximate surface area is 224 Å². The minimum absolute atomic E-state index is 0.307. The van der Waals surface area contributed by atoms with Gasteiger partial charge in [0.15, 0.2) is 12.3 Å². The Kier molecular flexibility index (Phi) is 19.8. The lowest BCUT2D eigenvalue weighted by Crippen LogP contribution is -1.99. The van der Waals surface area contributed by atoms with Gasteiger partial charge in [0.05, 0.1) is 13.2 Å². The molecular formula is C28H44O7P2+2. The van der Waals surface area contributed by atoms with Crippen molar-refractivity contribution in [2.24, 2.45) is 0 Å². The maximum Gasteiger partial charge on any atom is 0.539 e. The first-order valence-electron chi connectivity index (χ1n) is 13.3. The second-order valence-electron chi connectivity index (χ2n) is 8.95. The van der Waals surface area contributed by atoms with E-state index in [4.69, 9.17) is 19.6 Å². The summed E-state index contributed by atoms with van der Waals surface area (Å²) in [5.41, 5.74) is 2.54. The molecule has 0 aliphatic rings. The third-order valence-corrected chi connectivity index (χ3v) is 7.18. The van der Waals surface area contributed by atoms with Gasteiger partial charge < -0.3 is 9.47 Å². The summed E-state index contributed by atoms with van der Waals surface area (Å²) in [6.45, 7) is 5.23. The minimum Gasteiger partial charge on any atom is -0.493 e. The van der Waals surface area contributed by atoms with Gasteiger partial charge in [-0.05, 0) is 58.7 Å². The monoisotopic (exact) mass is 554 g/mol. The van der Waals surface area contributed by atoms with Crippen LogP contribution < -0.4 is 9.47 Å². The summed E-state index contributed by atoms with van der Waals surface area (Å²) in [6, 6.07) is 15.9. The van der Waals surface area contributed by atoms with E-state index in [2.05, 4.69) is 23.7 Å². The number of ether oxygens (including phenoxy) is 2. The lowest BCUT2D eigenvalue weighted by Gasteiger charge is -2.06. The Balaban J connectivity index is 0.000000417. The summed E-state index contributed by atoms with van der Waals surface area (Å²) < 4.78 is 35.9. The topological polar surface area (TPSA) is 102 Å². The van der Waals surface area contributed by atoms with Crippen molar-refractivity contribution >= 4 is 16.1 Å². The third-order valence-electron chi connectivity index (χ3n) is 5.62. The Morgan fingerprint density at radius 3 is 1.76 bits per heavy atom. The van der Waals surface area contributed by atoms with Gasteiger partial charge >= 0.3 is 16.1 Å². The summed E-state index contributed by atoms with van der Waals surface area (Å²) in [7, 11) is -3.97. The van der Waals surface area contributed by atoms with Crippen LogP contribution in [0.1, 0.15) is 75.8 Å². The molecule has 0 radical (unpaired) electrons. The number of rotatable bonds is 19. The van der Waals surface area contributed by atoms with Gasteiger partial charge in [0.1, 0.15) is 11.5 Å². The first-order valence-corrected chi connectivity index (χ1v) is 16.0. The maximum absolute atomic E-state index is 10.9. The zero-order chi connectivity index (χ0) is 27.1. The van der Waals surface area contributed by atoms with Crippen molar-refractivity contribution in [3.8, 4) is 11.5 Å². The normalized spacial score (nSPS) is 11.4. The van der Waals surface area contributed by atoms with Crippen molar-refractivity contribution in [1.29, 1.82) is 0 Å². The molecule has 0 spiro atoms. The van der Waals surface area contributed by atoms with Crippen LogP contribution in [0.2, 0.25) is 0 Å². The molecule has 2 N–H and O–H groups in total. The average molecular weight is 555 g/mol. The molecule has 0 saturated heterocycles. The van der Waals surface area contributed by atoms with Gasteiger partial charge in [0.25, 0.3) is 0 Å². The molecule has 0 heterocycles. The molecule has 2 aromatic rings. The van der Waals surface area contributed by atoms with Crippen molar-refractivity contribution in [3.05, 3.63) is 59.7 Å². The molecular weight excluding hydrogens is 510 g/mol. The number of hydrogen-bond acceptors (Lipinski definition) is 6. The fraction of sp³-hybridized carbons (Fsp3) is 0.571. The van der Waals surface area contributed by atoms with Gasteiger partial charge in [0.2, 0.25) is 0 Å². The molecule has 0 amide bonds. The smallest absolute Gasteiger partial charge is 0.493 e. The molecule has 206 valence electrons. The third kappa shape index (κ3) is 18.9. The van der Waals surface area contributed by atoms with Crippen LogP contribution >= 0.6 is 16.1 Å². The fourth-order valence-corrected chi connectivity index (χ4v) is 4.36. The second kappa shape index (κ2) is 22.1. The van der Waals surface area contributed by atoms with Crippen LogP contribution in [0.3, 0.4) is 0 Å². The van der Waals surface area contributed by atoms with Gasteiger partial charge in [-0.1, -0.05) is 75.3 Å². The van der Waals surface area contributed by atoms with Crippen molar-refractivity contribution < 1.29 is 33.4 Å². The Morgan fingerprint density at radius 2 is 1.22 bits per heavy atom. The summed E-state index contributed by atoms with van der Waals surface area (Å²) in [6.07, 6.45) is 12.3. The minimum atomic E-state index is -2.02. The van der Waals surface area contributed by atoms with Crippen LogP contribution in [0.4, 0.5) is 0 Å². The van der Waals surface area contributed by atoms with E-state index in [9.17, 15) is 9.13 Å². The van der Waals surface area contributed by atoms with Crippen molar-refractivity contribution in [2.75, 3.05) is 25.5 Å². The molecule has 0 saturated carbocycles. The molecule has 0 aliphatic heterocycles. The van der Waals surface area contributed by atoms with Crippen molar-refractivity contribution in [1.82, 2.24) is 0 Å². The lowest BCUT2D eigenvalue weighted by molar-refractivity contribution is -0.130. The Bertz CT molecular complexity index is 858. The van der Waals surface area contributed by atoms with Crippen LogP contribution in [0, 0.1) is 6.92 Å². The van der Waals surface area contributed by atoms with Gasteiger partial charge in [0, 0.05) is 17.5 Å². The molecule has 0 aliphatic carbocycles. The van der Waals surface area contributed by atoms with Crippen molar-refractivity contribution in [2.45, 2.75) is 78.1 Å².